The molecule has 0 atom stereocenters. The van der Waals surface area contributed by atoms with Crippen LogP contribution in [-0.4, -0.2) is 14.2 Å². The van der Waals surface area contributed by atoms with E-state index in [1.165, 1.54) is 31.2 Å². The molecule has 21 heavy (non-hydrogen) atoms. The van der Waals surface area contributed by atoms with E-state index in [0.717, 1.165) is 10.0 Å². The molecule has 0 unspecified atom stereocenters. The van der Waals surface area contributed by atoms with Crippen molar-refractivity contribution in [3.05, 3.63) is 58.1 Å². The predicted octanol–water partition coefficient (Wildman–Crippen LogP) is 3.73. The molecule has 2 aromatic carbocycles. The third kappa shape index (κ3) is 3.71. The third-order valence-electron chi connectivity index (χ3n) is 2.86. The van der Waals surface area contributed by atoms with Gasteiger partial charge in [0.1, 0.15) is 10.6 Å². The highest BCUT2D eigenvalue weighted by atomic mass is 79.9. The minimum absolute atomic E-state index is 0.0661. The van der Waals surface area contributed by atoms with Gasteiger partial charge in [-0.2, -0.15) is 8.42 Å². The maximum atomic E-state index is 12.2. The van der Waals surface area contributed by atoms with E-state index in [1.807, 2.05) is 0 Å². The van der Waals surface area contributed by atoms with Crippen molar-refractivity contribution in [2.45, 2.75) is 18.7 Å². The molecule has 4 nitrogen and oxygen atoms in total. The van der Waals surface area contributed by atoms with Gasteiger partial charge in [0.15, 0.2) is 5.78 Å². The van der Waals surface area contributed by atoms with Crippen LogP contribution < -0.4 is 4.18 Å². The standard InChI is InChI=1S/C15H13BrO4S/c1-10-8-14(6-7-15(10)16)21(18,19)20-13-5-3-4-12(9-13)11(2)17/h3-9H,1-2H3. The number of Topliss-reactive ketones (excluding diaryl/α,β-unsaturated/α-hetero) is 1. The molecule has 2 aromatic rings. The molecule has 0 saturated carbocycles. The number of aryl methyl sites for hydroxylation is 1. The molecule has 0 aromatic heterocycles. The van der Waals surface area contributed by atoms with E-state index in [4.69, 9.17) is 4.18 Å². The number of carbonyl (C=O) groups excluding carboxylic acids is 1. The Balaban J connectivity index is 2.35. The maximum absolute atomic E-state index is 12.2. The first-order chi connectivity index (χ1) is 9.79. The molecule has 0 heterocycles. The second-order valence-corrected chi connectivity index (χ2v) is 6.93. The molecule has 0 N–H and O–H groups in total. The summed E-state index contributed by atoms with van der Waals surface area (Å²) in [5.74, 6) is -0.0411. The number of halogens is 1. The Morgan fingerprint density at radius 1 is 1.14 bits per heavy atom. The second kappa shape index (κ2) is 5.99. The van der Waals surface area contributed by atoms with Gasteiger partial charge in [0.2, 0.25) is 0 Å². The lowest BCUT2D eigenvalue weighted by atomic mass is 10.1. The Morgan fingerprint density at radius 2 is 1.86 bits per heavy atom. The van der Waals surface area contributed by atoms with Crippen molar-refractivity contribution >= 4 is 31.8 Å². The molecule has 0 radical (unpaired) electrons. The minimum atomic E-state index is -3.93. The number of rotatable bonds is 4. The molecule has 0 spiro atoms. The van der Waals surface area contributed by atoms with E-state index in [0.29, 0.717) is 5.56 Å². The van der Waals surface area contributed by atoms with Gasteiger partial charge < -0.3 is 4.18 Å². The SMILES string of the molecule is CC(=O)c1cccc(OS(=O)(=O)c2ccc(Br)c(C)c2)c1. The van der Waals surface area contributed by atoms with Gasteiger partial charge in [-0.25, -0.2) is 0 Å². The summed E-state index contributed by atoms with van der Waals surface area (Å²) in [5.41, 5.74) is 1.19. The van der Waals surface area contributed by atoms with Crippen LogP contribution in [0.3, 0.4) is 0 Å². The summed E-state index contributed by atoms with van der Waals surface area (Å²) in [7, 11) is -3.93. The van der Waals surface area contributed by atoms with E-state index in [-0.39, 0.29) is 16.4 Å². The molecule has 2 rings (SSSR count). The average molecular weight is 369 g/mol. The summed E-state index contributed by atoms with van der Waals surface area (Å²) < 4.78 is 30.3. The first-order valence-corrected chi connectivity index (χ1v) is 8.31. The molecule has 110 valence electrons. The fourth-order valence-corrected chi connectivity index (χ4v) is 2.97. The monoisotopic (exact) mass is 368 g/mol. The lowest BCUT2D eigenvalue weighted by Crippen LogP contribution is -2.10. The van der Waals surface area contributed by atoms with Crippen molar-refractivity contribution < 1.29 is 17.4 Å². The Morgan fingerprint density at radius 3 is 2.48 bits per heavy atom. The van der Waals surface area contributed by atoms with Crippen LogP contribution in [-0.2, 0) is 10.1 Å². The van der Waals surface area contributed by atoms with Crippen molar-refractivity contribution in [3.63, 3.8) is 0 Å². The third-order valence-corrected chi connectivity index (χ3v) is 5.00. The predicted molar refractivity (Wildman–Crippen MR) is 83.1 cm³/mol. The highest BCUT2D eigenvalue weighted by molar-refractivity contribution is 9.10. The number of benzene rings is 2. The largest absolute Gasteiger partial charge is 0.379 e. The van der Waals surface area contributed by atoms with Crippen LogP contribution in [0.15, 0.2) is 51.8 Å². The van der Waals surface area contributed by atoms with Crippen molar-refractivity contribution in [3.8, 4) is 5.75 Å². The summed E-state index contributed by atoms with van der Waals surface area (Å²) in [6.45, 7) is 3.20. The smallest absolute Gasteiger partial charge is 0.339 e. The maximum Gasteiger partial charge on any atom is 0.339 e. The molecule has 0 saturated heterocycles. The number of ketones is 1. The van der Waals surface area contributed by atoms with Gasteiger partial charge >= 0.3 is 10.1 Å². The van der Waals surface area contributed by atoms with E-state index in [9.17, 15) is 13.2 Å². The summed E-state index contributed by atoms with van der Waals surface area (Å²) in [6.07, 6.45) is 0. The zero-order valence-corrected chi connectivity index (χ0v) is 13.9. The first-order valence-electron chi connectivity index (χ1n) is 6.11. The van der Waals surface area contributed by atoms with Crippen LogP contribution in [0, 0.1) is 6.92 Å². The molecule has 0 amide bonds. The topological polar surface area (TPSA) is 60.4 Å². The normalized spacial score (nSPS) is 11.2. The van der Waals surface area contributed by atoms with Crippen molar-refractivity contribution in [2.75, 3.05) is 0 Å². The fourth-order valence-electron chi connectivity index (χ4n) is 1.71. The Hall–Kier alpha value is -1.66. The molecule has 0 bridgehead atoms. The highest BCUT2D eigenvalue weighted by Gasteiger charge is 2.18. The molecule has 0 aliphatic heterocycles. The van der Waals surface area contributed by atoms with Gasteiger partial charge in [0, 0.05) is 10.0 Å². The van der Waals surface area contributed by atoms with E-state index >= 15 is 0 Å². The molecule has 0 aliphatic rings. The number of hydrogen-bond donors (Lipinski definition) is 0. The Labute approximate surface area is 132 Å². The first kappa shape index (κ1) is 15.7. The molecule has 0 fully saturated rings. The van der Waals surface area contributed by atoms with Crippen molar-refractivity contribution in [1.82, 2.24) is 0 Å². The fraction of sp³-hybridized carbons (Fsp3) is 0.133. The van der Waals surface area contributed by atoms with E-state index in [2.05, 4.69) is 15.9 Å². The highest BCUT2D eigenvalue weighted by Crippen LogP contribution is 2.23. The quantitative estimate of drug-likeness (QED) is 0.609. The van der Waals surface area contributed by atoms with Gasteiger partial charge in [-0.15, -0.1) is 0 Å². The molecular formula is C15H13BrO4S. The lowest BCUT2D eigenvalue weighted by Gasteiger charge is -2.09. The Bertz CT molecular complexity index is 797. The van der Waals surface area contributed by atoms with Gasteiger partial charge in [0.25, 0.3) is 0 Å². The number of hydrogen-bond acceptors (Lipinski definition) is 4. The van der Waals surface area contributed by atoms with Gasteiger partial charge in [0.05, 0.1) is 0 Å². The van der Waals surface area contributed by atoms with Crippen LogP contribution in [0.1, 0.15) is 22.8 Å². The van der Waals surface area contributed by atoms with E-state index < -0.39 is 10.1 Å². The molecule has 0 aliphatic carbocycles. The minimum Gasteiger partial charge on any atom is -0.379 e. The van der Waals surface area contributed by atoms with Gasteiger partial charge in [-0.1, -0.05) is 28.1 Å². The molecular weight excluding hydrogens is 356 g/mol. The van der Waals surface area contributed by atoms with Crippen LogP contribution in [0.5, 0.6) is 5.75 Å². The van der Waals surface area contributed by atoms with Crippen LogP contribution in [0.2, 0.25) is 0 Å². The van der Waals surface area contributed by atoms with E-state index in [1.54, 1.807) is 25.1 Å². The number of carbonyl (C=O) groups is 1. The van der Waals surface area contributed by atoms with Crippen molar-refractivity contribution in [1.29, 1.82) is 0 Å². The Kier molecular flexibility index (Phi) is 4.49. The second-order valence-electron chi connectivity index (χ2n) is 4.53. The van der Waals surface area contributed by atoms with Gasteiger partial charge in [-0.3, -0.25) is 4.79 Å². The summed E-state index contributed by atoms with van der Waals surface area (Å²) >= 11 is 3.32. The summed E-state index contributed by atoms with van der Waals surface area (Å²) in [4.78, 5) is 11.4. The summed E-state index contributed by atoms with van der Waals surface area (Å²) in [6, 6.07) is 10.7. The van der Waals surface area contributed by atoms with Crippen LogP contribution in [0.25, 0.3) is 0 Å². The zero-order chi connectivity index (χ0) is 15.6. The summed E-state index contributed by atoms with van der Waals surface area (Å²) in [5, 5.41) is 0. The van der Waals surface area contributed by atoms with Crippen LogP contribution >= 0.6 is 15.9 Å². The molecule has 6 heteroatoms. The lowest BCUT2D eigenvalue weighted by molar-refractivity contribution is 0.101. The van der Waals surface area contributed by atoms with Crippen molar-refractivity contribution in [2.24, 2.45) is 0 Å². The van der Waals surface area contributed by atoms with Gasteiger partial charge in [-0.05, 0) is 49.7 Å². The average Bonchev–Trinajstić information content (AvgIpc) is 2.41. The zero-order valence-electron chi connectivity index (χ0n) is 11.5. The van der Waals surface area contributed by atoms with Crippen LogP contribution in [0.4, 0.5) is 0 Å².